The first-order valence-corrected chi connectivity index (χ1v) is 3.36. The molecule has 0 atom stereocenters. The van der Waals surface area contributed by atoms with Gasteiger partial charge < -0.3 is 10.3 Å². The Balaban J connectivity index is 2.71. The number of nitrogens with one attached hydrogen (secondary N) is 2. The zero-order chi connectivity index (χ0) is 8.10. The van der Waals surface area contributed by atoms with E-state index in [1.807, 2.05) is 0 Å². The number of pyridine rings is 1. The average Bonchev–Trinajstić information content (AvgIpc) is 2.01. The van der Waals surface area contributed by atoms with Crippen molar-refractivity contribution in [2.24, 2.45) is 0 Å². The minimum atomic E-state index is -0.00434. The van der Waals surface area contributed by atoms with Crippen LogP contribution in [0.25, 0.3) is 0 Å². The van der Waals surface area contributed by atoms with E-state index in [1.165, 1.54) is 12.1 Å². The highest BCUT2D eigenvalue weighted by molar-refractivity contribution is 5.33. The second-order valence-corrected chi connectivity index (χ2v) is 2.11. The quantitative estimate of drug-likeness (QED) is 0.631. The fourth-order valence-corrected chi connectivity index (χ4v) is 0.730. The van der Waals surface area contributed by atoms with E-state index < -0.39 is 0 Å². The lowest BCUT2D eigenvalue weighted by molar-refractivity contribution is 1.22. The second kappa shape index (κ2) is 3.61. The number of anilines is 1. The van der Waals surface area contributed by atoms with Gasteiger partial charge in [-0.3, -0.25) is 4.79 Å². The van der Waals surface area contributed by atoms with Gasteiger partial charge in [-0.2, -0.15) is 0 Å². The van der Waals surface area contributed by atoms with Crippen LogP contribution in [0.1, 0.15) is 0 Å². The number of aromatic amines is 1. The van der Waals surface area contributed by atoms with Crippen LogP contribution in [0, 0.1) is 0 Å². The Morgan fingerprint density at radius 1 is 1.73 bits per heavy atom. The van der Waals surface area contributed by atoms with E-state index >= 15 is 0 Å². The molecule has 58 valence electrons. The maximum atomic E-state index is 10.8. The summed E-state index contributed by atoms with van der Waals surface area (Å²) in [5.41, 5.74) is -0.00434. The molecule has 0 fully saturated rings. The van der Waals surface area contributed by atoms with E-state index in [0.29, 0.717) is 6.54 Å². The molecule has 0 bridgehead atoms. The lowest BCUT2D eigenvalue weighted by Crippen LogP contribution is -2.04. The molecular formula is C8H10N2O. The van der Waals surface area contributed by atoms with Crippen LogP contribution < -0.4 is 10.7 Å². The summed E-state index contributed by atoms with van der Waals surface area (Å²) >= 11 is 0. The van der Waals surface area contributed by atoms with Crippen LogP contribution in [0.2, 0.25) is 0 Å². The molecule has 0 unspecified atom stereocenters. The Labute approximate surface area is 64.8 Å². The van der Waals surface area contributed by atoms with E-state index in [9.17, 15) is 4.79 Å². The fraction of sp³-hybridized carbons (Fsp3) is 0.125. The van der Waals surface area contributed by atoms with Crippen molar-refractivity contribution in [3.05, 3.63) is 41.2 Å². The monoisotopic (exact) mass is 150 g/mol. The van der Waals surface area contributed by atoms with Gasteiger partial charge in [0, 0.05) is 24.9 Å². The van der Waals surface area contributed by atoms with Crippen LogP contribution in [-0.2, 0) is 0 Å². The summed E-state index contributed by atoms with van der Waals surface area (Å²) in [5.74, 6) is 0.720. The molecule has 0 aliphatic heterocycles. The third-order valence-corrected chi connectivity index (χ3v) is 1.21. The largest absolute Gasteiger partial charge is 0.368 e. The minimum absolute atomic E-state index is 0.00434. The molecule has 0 saturated carbocycles. The van der Waals surface area contributed by atoms with Crippen molar-refractivity contribution in [2.45, 2.75) is 0 Å². The molecule has 3 nitrogen and oxygen atoms in total. The summed E-state index contributed by atoms with van der Waals surface area (Å²) in [4.78, 5) is 13.7. The molecule has 0 aromatic carbocycles. The Hall–Kier alpha value is -1.51. The number of hydrogen-bond donors (Lipinski definition) is 2. The Morgan fingerprint density at radius 3 is 3.18 bits per heavy atom. The van der Waals surface area contributed by atoms with Crippen LogP contribution in [0.3, 0.4) is 0 Å². The molecule has 0 aliphatic carbocycles. The van der Waals surface area contributed by atoms with Gasteiger partial charge in [-0.05, 0) is 0 Å². The molecule has 11 heavy (non-hydrogen) atoms. The fourth-order valence-electron chi connectivity index (χ4n) is 0.730. The van der Waals surface area contributed by atoms with Crippen LogP contribution in [-0.4, -0.2) is 11.5 Å². The normalized spacial score (nSPS) is 9.09. The summed E-state index contributed by atoms with van der Waals surface area (Å²) in [7, 11) is 0. The van der Waals surface area contributed by atoms with Gasteiger partial charge in [-0.1, -0.05) is 6.08 Å². The average molecular weight is 150 g/mol. The van der Waals surface area contributed by atoms with Crippen molar-refractivity contribution in [2.75, 3.05) is 11.9 Å². The Morgan fingerprint density at radius 2 is 2.55 bits per heavy atom. The van der Waals surface area contributed by atoms with Gasteiger partial charge in [0.15, 0.2) is 5.43 Å². The van der Waals surface area contributed by atoms with E-state index in [0.717, 1.165) is 5.82 Å². The lowest BCUT2D eigenvalue weighted by atomic mass is 10.4. The van der Waals surface area contributed by atoms with E-state index in [-0.39, 0.29) is 5.43 Å². The molecule has 0 radical (unpaired) electrons. The van der Waals surface area contributed by atoms with Crippen LogP contribution >= 0.6 is 0 Å². The first kappa shape index (κ1) is 7.60. The van der Waals surface area contributed by atoms with Crippen molar-refractivity contribution in [3.8, 4) is 0 Å². The third-order valence-electron chi connectivity index (χ3n) is 1.21. The van der Waals surface area contributed by atoms with Crippen molar-refractivity contribution < 1.29 is 0 Å². The molecule has 1 heterocycles. The molecule has 0 amide bonds. The number of hydrogen-bond acceptors (Lipinski definition) is 2. The number of rotatable bonds is 3. The predicted octanol–water partition coefficient (Wildman–Crippen LogP) is 0.973. The highest BCUT2D eigenvalue weighted by Crippen LogP contribution is 1.93. The topological polar surface area (TPSA) is 44.9 Å². The lowest BCUT2D eigenvalue weighted by Gasteiger charge is -2.00. The molecule has 2 N–H and O–H groups in total. The van der Waals surface area contributed by atoms with Gasteiger partial charge in [0.25, 0.3) is 0 Å². The van der Waals surface area contributed by atoms with Crippen LogP contribution in [0.5, 0.6) is 0 Å². The summed E-state index contributed by atoms with van der Waals surface area (Å²) in [6.45, 7) is 4.20. The van der Waals surface area contributed by atoms with Gasteiger partial charge in [-0.15, -0.1) is 6.58 Å². The van der Waals surface area contributed by atoms with Gasteiger partial charge >= 0.3 is 0 Å². The van der Waals surface area contributed by atoms with E-state index in [2.05, 4.69) is 16.9 Å². The zero-order valence-electron chi connectivity index (χ0n) is 6.13. The van der Waals surface area contributed by atoms with Gasteiger partial charge in [-0.25, -0.2) is 0 Å². The Kier molecular flexibility index (Phi) is 2.49. The standard InChI is InChI=1S/C8H10N2O/c1-2-4-9-8-6-7(11)3-5-10-8/h2-3,5-6H,1,4H2,(H2,9,10,11). The second-order valence-electron chi connectivity index (χ2n) is 2.11. The molecule has 3 heteroatoms. The highest BCUT2D eigenvalue weighted by Gasteiger charge is 1.87. The van der Waals surface area contributed by atoms with Crippen molar-refractivity contribution in [1.82, 2.24) is 4.98 Å². The zero-order valence-corrected chi connectivity index (χ0v) is 6.13. The van der Waals surface area contributed by atoms with Crippen molar-refractivity contribution in [3.63, 3.8) is 0 Å². The van der Waals surface area contributed by atoms with E-state index in [1.54, 1.807) is 12.3 Å². The van der Waals surface area contributed by atoms with E-state index in [4.69, 9.17) is 0 Å². The molecule has 0 spiro atoms. The third kappa shape index (κ3) is 2.29. The maximum Gasteiger partial charge on any atom is 0.183 e. The molecule has 1 aromatic heterocycles. The number of H-pyrrole nitrogens is 1. The summed E-state index contributed by atoms with van der Waals surface area (Å²) in [6, 6.07) is 2.97. The van der Waals surface area contributed by atoms with Crippen molar-refractivity contribution >= 4 is 5.82 Å². The van der Waals surface area contributed by atoms with Crippen molar-refractivity contribution in [1.29, 1.82) is 0 Å². The SMILES string of the molecule is C=CCNc1cc(=O)cc[nH]1. The summed E-state index contributed by atoms with van der Waals surface area (Å²) in [5, 5.41) is 2.96. The first-order valence-electron chi connectivity index (χ1n) is 3.36. The van der Waals surface area contributed by atoms with Gasteiger partial charge in [0.05, 0.1) is 0 Å². The molecule has 0 aliphatic rings. The molecule has 1 aromatic rings. The minimum Gasteiger partial charge on any atom is -0.368 e. The molecule has 0 saturated heterocycles. The summed E-state index contributed by atoms with van der Waals surface area (Å²) in [6.07, 6.45) is 3.33. The molecule has 1 rings (SSSR count). The van der Waals surface area contributed by atoms with Crippen LogP contribution in [0.4, 0.5) is 5.82 Å². The summed E-state index contributed by atoms with van der Waals surface area (Å²) < 4.78 is 0. The van der Waals surface area contributed by atoms with Gasteiger partial charge in [0.1, 0.15) is 5.82 Å². The molecular weight excluding hydrogens is 140 g/mol. The number of aromatic nitrogens is 1. The first-order chi connectivity index (χ1) is 5.33. The van der Waals surface area contributed by atoms with Gasteiger partial charge in [0.2, 0.25) is 0 Å². The highest BCUT2D eigenvalue weighted by atomic mass is 16.1. The smallest absolute Gasteiger partial charge is 0.183 e. The maximum absolute atomic E-state index is 10.8. The Bertz CT molecular complexity index is 290. The predicted molar refractivity (Wildman–Crippen MR) is 45.7 cm³/mol. The van der Waals surface area contributed by atoms with Crippen LogP contribution in [0.15, 0.2) is 35.8 Å².